The summed E-state index contributed by atoms with van der Waals surface area (Å²) in [6.07, 6.45) is 2.39. The first-order valence-corrected chi connectivity index (χ1v) is 8.10. The zero-order valence-electron chi connectivity index (χ0n) is 11.6. The lowest BCUT2D eigenvalue weighted by Gasteiger charge is -2.10. The highest BCUT2D eigenvalue weighted by molar-refractivity contribution is 7.87. The Morgan fingerprint density at radius 1 is 1.00 bits per heavy atom. The van der Waals surface area contributed by atoms with Gasteiger partial charge in [-0.15, -0.1) is 0 Å². The topological polar surface area (TPSA) is 17.1 Å². The molecule has 1 atom stereocenters. The first-order chi connectivity index (χ1) is 9.66. The molecule has 0 N–H and O–H groups in total. The molecule has 0 spiro atoms. The van der Waals surface area contributed by atoms with Gasteiger partial charge in [0.2, 0.25) is 0 Å². The Balaban J connectivity index is 2.26. The molecular formula is C18H18OS. The minimum absolute atomic E-state index is 0.702. The standard InChI is InChI=1S/C18H18OS/c1-15(16-9-5-3-6-10-16)13-18(14-20(2)19)17-11-7-4-8-12-17/h3-12,14H,1,13H2,2H3/b18-14-. The molecule has 0 saturated heterocycles. The molecule has 0 fully saturated rings. The van der Waals surface area contributed by atoms with Gasteiger partial charge in [0.15, 0.2) is 0 Å². The summed E-state index contributed by atoms with van der Waals surface area (Å²) in [7, 11) is -0.972. The second-order valence-corrected chi connectivity index (χ2v) is 5.89. The van der Waals surface area contributed by atoms with Gasteiger partial charge in [0.1, 0.15) is 0 Å². The smallest absolute Gasteiger partial charge is 0.0427 e. The van der Waals surface area contributed by atoms with Crippen LogP contribution in [0.4, 0.5) is 0 Å². The van der Waals surface area contributed by atoms with Gasteiger partial charge in [-0.1, -0.05) is 67.2 Å². The maximum Gasteiger partial charge on any atom is 0.0427 e. The van der Waals surface area contributed by atoms with E-state index in [0.29, 0.717) is 6.42 Å². The third-order valence-electron chi connectivity index (χ3n) is 3.04. The molecule has 0 aliphatic rings. The highest BCUT2D eigenvalue weighted by Crippen LogP contribution is 2.27. The van der Waals surface area contributed by atoms with E-state index >= 15 is 0 Å². The molecule has 102 valence electrons. The van der Waals surface area contributed by atoms with E-state index in [1.807, 2.05) is 66.1 Å². The predicted molar refractivity (Wildman–Crippen MR) is 88.6 cm³/mol. The highest BCUT2D eigenvalue weighted by Gasteiger charge is 2.06. The van der Waals surface area contributed by atoms with E-state index in [9.17, 15) is 4.21 Å². The molecule has 0 bridgehead atoms. The fraction of sp³-hybridized carbons (Fsp3) is 0.111. The van der Waals surface area contributed by atoms with Gasteiger partial charge in [-0.05, 0) is 28.7 Å². The first kappa shape index (κ1) is 14.5. The Morgan fingerprint density at radius 2 is 1.50 bits per heavy atom. The van der Waals surface area contributed by atoms with Crippen molar-refractivity contribution in [3.05, 3.63) is 83.8 Å². The molecule has 0 amide bonds. The van der Waals surface area contributed by atoms with Gasteiger partial charge >= 0.3 is 0 Å². The highest BCUT2D eigenvalue weighted by atomic mass is 32.2. The van der Waals surface area contributed by atoms with E-state index in [4.69, 9.17) is 0 Å². The fourth-order valence-corrected chi connectivity index (χ4v) is 2.69. The monoisotopic (exact) mass is 282 g/mol. The van der Waals surface area contributed by atoms with Gasteiger partial charge in [0, 0.05) is 22.5 Å². The maximum absolute atomic E-state index is 11.6. The molecule has 0 saturated carbocycles. The van der Waals surface area contributed by atoms with Crippen LogP contribution < -0.4 is 0 Å². The Bertz CT molecular complexity index is 627. The molecule has 0 radical (unpaired) electrons. The van der Waals surface area contributed by atoms with Gasteiger partial charge in [-0.2, -0.15) is 0 Å². The van der Waals surface area contributed by atoms with Crippen LogP contribution in [0.1, 0.15) is 17.5 Å². The van der Waals surface area contributed by atoms with Gasteiger partial charge < -0.3 is 0 Å². The van der Waals surface area contributed by atoms with Crippen molar-refractivity contribution in [2.24, 2.45) is 0 Å². The van der Waals surface area contributed by atoms with Crippen molar-refractivity contribution in [1.82, 2.24) is 0 Å². The van der Waals surface area contributed by atoms with Crippen LogP contribution in [-0.2, 0) is 10.8 Å². The number of hydrogen-bond donors (Lipinski definition) is 0. The van der Waals surface area contributed by atoms with E-state index in [1.54, 1.807) is 6.26 Å². The Hall–Kier alpha value is -1.93. The summed E-state index contributed by atoms with van der Waals surface area (Å²) in [6.45, 7) is 4.16. The Morgan fingerprint density at radius 3 is 2.00 bits per heavy atom. The molecule has 0 aliphatic heterocycles. The lowest BCUT2D eigenvalue weighted by Crippen LogP contribution is -1.91. The van der Waals surface area contributed by atoms with E-state index in [1.165, 1.54) is 0 Å². The minimum Gasteiger partial charge on any atom is -0.255 e. The Labute approximate surface area is 123 Å². The molecule has 0 heterocycles. The van der Waals surface area contributed by atoms with E-state index < -0.39 is 10.8 Å². The van der Waals surface area contributed by atoms with E-state index in [-0.39, 0.29) is 0 Å². The average molecular weight is 282 g/mol. The fourth-order valence-electron chi connectivity index (χ4n) is 2.07. The first-order valence-electron chi connectivity index (χ1n) is 6.48. The molecule has 20 heavy (non-hydrogen) atoms. The molecule has 0 aromatic heterocycles. The van der Waals surface area contributed by atoms with Crippen molar-refractivity contribution in [3.63, 3.8) is 0 Å². The molecule has 2 heteroatoms. The summed E-state index contributed by atoms with van der Waals surface area (Å²) in [5.41, 5.74) is 4.31. The van der Waals surface area contributed by atoms with Gasteiger partial charge in [-0.25, -0.2) is 0 Å². The van der Waals surface area contributed by atoms with Crippen molar-refractivity contribution in [1.29, 1.82) is 0 Å². The number of allylic oxidation sites excluding steroid dienone is 2. The van der Waals surface area contributed by atoms with Crippen LogP contribution in [0.2, 0.25) is 0 Å². The van der Waals surface area contributed by atoms with Crippen LogP contribution in [0.25, 0.3) is 11.1 Å². The maximum atomic E-state index is 11.6. The van der Waals surface area contributed by atoms with Crippen LogP contribution in [0.3, 0.4) is 0 Å². The largest absolute Gasteiger partial charge is 0.255 e. The average Bonchev–Trinajstić information content (AvgIpc) is 2.48. The van der Waals surface area contributed by atoms with E-state index in [2.05, 4.69) is 6.58 Å². The van der Waals surface area contributed by atoms with E-state index in [0.717, 1.165) is 22.3 Å². The lowest BCUT2D eigenvalue weighted by atomic mass is 9.96. The number of benzene rings is 2. The summed E-state index contributed by atoms with van der Waals surface area (Å²) in [5, 5.41) is 1.81. The summed E-state index contributed by atoms with van der Waals surface area (Å²) in [5.74, 6) is 0. The molecule has 1 unspecified atom stereocenters. The van der Waals surface area contributed by atoms with Crippen molar-refractivity contribution < 1.29 is 4.21 Å². The van der Waals surface area contributed by atoms with Crippen molar-refractivity contribution in [2.75, 3.05) is 6.26 Å². The Kier molecular flexibility index (Phi) is 5.08. The normalized spacial score (nSPS) is 12.9. The third kappa shape index (κ3) is 4.04. The van der Waals surface area contributed by atoms with Crippen LogP contribution in [0.15, 0.2) is 72.7 Å². The summed E-state index contributed by atoms with van der Waals surface area (Å²) >= 11 is 0. The molecular weight excluding hydrogens is 264 g/mol. The summed E-state index contributed by atoms with van der Waals surface area (Å²) < 4.78 is 11.6. The second kappa shape index (κ2) is 7.01. The number of rotatable bonds is 5. The zero-order valence-corrected chi connectivity index (χ0v) is 12.4. The quantitative estimate of drug-likeness (QED) is 0.788. The zero-order chi connectivity index (χ0) is 14.4. The SMILES string of the molecule is C=C(C/C(=C/S(C)=O)c1ccccc1)c1ccccc1. The lowest BCUT2D eigenvalue weighted by molar-refractivity contribution is 0.692. The molecule has 2 aromatic rings. The molecule has 1 nitrogen and oxygen atoms in total. The van der Waals surface area contributed by atoms with Gasteiger partial charge in [0.25, 0.3) is 0 Å². The predicted octanol–water partition coefficient (Wildman–Crippen LogP) is 4.51. The van der Waals surface area contributed by atoms with Gasteiger partial charge in [0.05, 0.1) is 0 Å². The van der Waals surface area contributed by atoms with Crippen molar-refractivity contribution in [3.8, 4) is 0 Å². The van der Waals surface area contributed by atoms with Crippen molar-refractivity contribution >= 4 is 21.9 Å². The minimum atomic E-state index is -0.972. The van der Waals surface area contributed by atoms with Gasteiger partial charge in [-0.3, -0.25) is 4.21 Å². The molecule has 2 aromatic carbocycles. The summed E-state index contributed by atoms with van der Waals surface area (Å²) in [4.78, 5) is 0. The number of hydrogen-bond acceptors (Lipinski definition) is 1. The summed E-state index contributed by atoms with van der Waals surface area (Å²) in [6, 6.07) is 20.1. The van der Waals surface area contributed by atoms with Crippen LogP contribution in [0.5, 0.6) is 0 Å². The third-order valence-corrected chi connectivity index (χ3v) is 3.66. The second-order valence-electron chi connectivity index (χ2n) is 4.65. The van der Waals surface area contributed by atoms with Crippen LogP contribution >= 0.6 is 0 Å². The van der Waals surface area contributed by atoms with Crippen LogP contribution in [-0.4, -0.2) is 10.5 Å². The molecule has 0 aliphatic carbocycles. The van der Waals surface area contributed by atoms with Crippen molar-refractivity contribution in [2.45, 2.75) is 6.42 Å². The molecule has 2 rings (SSSR count). The van der Waals surface area contributed by atoms with Crippen LogP contribution in [0, 0.1) is 0 Å².